The van der Waals surface area contributed by atoms with Crippen LogP contribution in [0.1, 0.15) is 17.2 Å². The van der Waals surface area contributed by atoms with Crippen LogP contribution in [0.4, 0.5) is 24.8 Å². The molecule has 2 heterocycles. The number of nitrogens with one attached hydrogen (secondary N) is 1. The summed E-state index contributed by atoms with van der Waals surface area (Å²) < 4.78 is 39.2. The molecule has 1 saturated heterocycles. The van der Waals surface area contributed by atoms with Crippen molar-refractivity contribution >= 4 is 17.5 Å². The standard InChI is InChI=1S/C23H22F3N5O/c24-23(25,26)18-8-4-9-19(16-18)29-21(32)20(17-6-2-1-3-7-17)30-12-14-31(15-13-30)22-27-10-5-11-28-22/h1-11,16,20H,12-15H2,(H,29,32)/t20-/m0/s1. The normalized spacial score (nSPS) is 15.9. The zero-order chi connectivity index (χ0) is 22.6. The van der Waals surface area contributed by atoms with E-state index in [-0.39, 0.29) is 11.6 Å². The molecule has 1 aromatic heterocycles. The second-order valence-electron chi connectivity index (χ2n) is 7.45. The second kappa shape index (κ2) is 9.35. The highest BCUT2D eigenvalue weighted by molar-refractivity contribution is 5.95. The van der Waals surface area contributed by atoms with Gasteiger partial charge in [0.2, 0.25) is 11.9 Å². The molecule has 0 unspecified atom stereocenters. The Bertz CT molecular complexity index is 1040. The SMILES string of the molecule is O=C(Nc1cccc(C(F)(F)F)c1)[C@H](c1ccccc1)N1CCN(c2ncccn2)CC1. The monoisotopic (exact) mass is 441 g/mol. The van der Waals surface area contributed by atoms with Gasteiger partial charge in [-0.2, -0.15) is 13.2 Å². The minimum atomic E-state index is -4.48. The number of rotatable bonds is 5. The number of hydrogen-bond acceptors (Lipinski definition) is 5. The van der Waals surface area contributed by atoms with E-state index in [1.54, 1.807) is 18.5 Å². The molecule has 4 rings (SSSR count). The summed E-state index contributed by atoms with van der Waals surface area (Å²) in [6.45, 7) is 2.41. The Morgan fingerprint density at radius 3 is 2.25 bits per heavy atom. The summed E-state index contributed by atoms with van der Waals surface area (Å²) in [4.78, 5) is 25.9. The summed E-state index contributed by atoms with van der Waals surface area (Å²) >= 11 is 0. The van der Waals surface area contributed by atoms with Crippen LogP contribution in [0.5, 0.6) is 0 Å². The van der Waals surface area contributed by atoms with Crippen molar-refractivity contribution in [3.63, 3.8) is 0 Å². The number of halogens is 3. The molecule has 9 heteroatoms. The van der Waals surface area contributed by atoms with E-state index in [0.29, 0.717) is 32.1 Å². The van der Waals surface area contributed by atoms with Crippen LogP contribution < -0.4 is 10.2 Å². The molecule has 1 aliphatic heterocycles. The second-order valence-corrected chi connectivity index (χ2v) is 7.45. The van der Waals surface area contributed by atoms with Gasteiger partial charge in [0.25, 0.3) is 0 Å². The summed E-state index contributed by atoms with van der Waals surface area (Å²) in [5, 5.41) is 2.67. The zero-order valence-electron chi connectivity index (χ0n) is 17.2. The highest BCUT2D eigenvalue weighted by Gasteiger charge is 2.33. The van der Waals surface area contributed by atoms with E-state index in [9.17, 15) is 18.0 Å². The maximum absolute atomic E-state index is 13.3. The van der Waals surface area contributed by atoms with E-state index < -0.39 is 17.8 Å². The van der Waals surface area contributed by atoms with Crippen molar-refractivity contribution < 1.29 is 18.0 Å². The molecule has 3 aromatic rings. The number of anilines is 2. The lowest BCUT2D eigenvalue weighted by atomic mass is 10.0. The molecular weight excluding hydrogens is 419 g/mol. The molecule has 0 spiro atoms. The van der Waals surface area contributed by atoms with Crippen LogP contribution in [0, 0.1) is 0 Å². The van der Waals surface area contributed by atoms with Crippen molar-refractivity contribution in [3.8, 4) is 0 Å². The largest absolute Gasteiger partial charge is 0.416 e. The van der Waals surface area contributed by atoms with E-state index >= 15 is 0 Å². The van der Waals surface area contributed by atoms with Crippen molar-refractivity contribution in [2.24, 2.45) is 0 Å². The number of carbonyl (C=O) groups excluding carboxylic acids is 1. The molecule has 0 bridgehead atoms. The molecule has 0 radical (unpaired) electrons. The third-order valence-electron chi connectivity index (χ3n) is 5.34. The Balaban J connectivity index is 1.52. The fraction of sp³-hybridized carbons (Fsp3) is 0.261. The first-order chi connectivity index (χ1) is 15.4. The van der Waals surface area contributed by atoms with Crippen LogP contribution in [0.25, 0.3) is 0 Å². The van der Waals surface area contributed by atoms with Gasteiger partial charge in [-0.05, 0) is 29.8 Å². The van der Waals surface area contributed by atoms with Gasteiger partial charge in [-0.3, -0.25) is 9.69 Å². The van der Waals surface area contributed by atoms with Crippen LogP contribution in [0.15, 0.2) is 73.1 Å². The highest BCUT2D eigenvalue weighted by atomic mass is 19.4. The summed E-state index contributed by atoms with van der Waals surface area (Å²) in [6.07, 6.45) is -1.11. The topological polar surface area (TPSA) is 61.4 Å². The predicted molar refractivity (Wildman–Crippen MR) is 115 cm³/mol. The summed E-state index contributed by atoms with van der Waals surface area (Å²) in [6, 6.07) is 15.0. The van der Waals surface area contributed by atoms with Gasteiger partial charge in [-0.25, -0.2) is 9.97 Å². The van der Waals surface area contributed by atoms with Gasteiger partial charge < -0.3 is 10.2 Å². The molecule has 0 aliphatic carbocycles. The first-order valence-electron chi connectivity index (χ1n) is 10.2. The number of hydrogen-bond donors (Lipinski definition) is 1. The van der Waals surface area contributed by atoms with E-state index in [1.807, 2.05) is 40.1 Å². The lowest BCUT2D eigenvalue weighted by Gasteiger charge is -2.38. The predicted octanol–water partition coefficient (Wildman–Crippen LogP) is 4.00. The number of benzene rings is 2. The first kappa shape index (κ1) is 21.8. The Labute approximate surface area is 183 Å². The molecule has 2 aromatic carbocycles. The van der Waals surface area contributed by atoms with Crippen molar-refractivity contribution in [1.82, 2.24) is 14.9 Å². The van der Waals surface area contributed by atoms with Crippen LogP contribution in [-0.2, 0) is 11.0 Å². The molecule has 1 amide bonds. The highest BCUT2D eigenvalue weighted by Crippen LogP contribution is 2.31. The molecule has 6 nitrogen and oxygen atoms in total. The minimum Gasteiger partial charge on any atom is -0.338 e. The Hall–Kier alpha value is -3.46. The number of amides is 1. The number of nitrogens with zero attached hydrogens (tertiary/aromatic N) is 4. The molecule has 1 atom stereocenters. The number of aromatic nitrogens is 2. The summed E-state index contributed by atoms with van der Waals surface area (Å²) in [5.74, 6) is 0.261. The van der Waals surface area contributed by atoms with Crippen molar-refractivity contribution in [1.29, 1.82) is 0 Å². The summed E-state index contributed by atoms with van der Waals surface area (Å²) in [7, 11) is 0. The molecule has 0 saturated carbocycles. The van der Waals surface area contributed by atoms with Crippen molar-refractivity contribution in [2.75, 3.05) is 36.4 Å². The maximum atomic E-state index is 13.3. The first-order valence-corrected chi connectivity index (χ1v) is 10.2. The molecule has 1 aliphatic rings. The molecule has 166 valence electrons. The fourth-order valence-corrected chi connectivity index (χ4v) is 3.78. The van der Waals surface area contributed by atoms with Crippen molar-refractivity contribution in [3.05, 3.63) is 84.2 Å². The fourth-order valence-electron chi connectivity index (χ4n) is 3.78. The van der Waals surface area contributed by atoms with Gasteiger partial charge in [0.05, 0.1) is 5.56 Å². The van der Waals surface area contributed by atoms with Gasteiger partial charge in [-0.15, -0.1) is 0 Å². The van der Waals surface area contributed by atoms with Crippen LogP contribution >= 0.6 is 0 Å². The van der Waals surface area contributed by atoms with Crippen LogP contribution in [0.3, 0.4) is 0 Å². The van der Waals surface area contributed by atoms with Gasteiger partial charge >= 0.3 is 6.18 Å². The number of piperazine rings is 1. The Morgan fingerprint density at radius 1 is 0.906 bits per heavy atom. The lowest BCUT2D eigenvalue weighted by molar-refractivity contribution is -0.137. The van der Waals surface area contributed by atoms with Gasteiger partial charge in [-0.1, -0.05) is 36.4 Å². The van der Waals surface area contributed by atoms with Gasteiger partial charge in [0, 0.05) is 44.3 Å². The van der Waals surface area contributed by atoms with E-state index in [1.165, 1.54) is 12.1 Å². The zero-order valence-corrected chi connectivity index (χ0v) is 17.2. The lowest BCUT2D eigenvalue weighted by Crippen LogP contribution is -2.50. The number of carbonyl (C=O) groups is 1. The van der Waals surface area contributed by atoms with E-state index in [4.69, 9.17) is 0 Å². The minimum absolute atomic E-state index is 0.113. The third-order valence-corrected chi connectivity index (χ3v) is 5.34. The van der Waals surface area contributed by atoms with Crippen LogP contribution in [0.2, 0.25) is 0 Å². The van der Waals surface area contributed by atoms with Gasteiger partial charge in [0.15, 0.2) is 0 Å². The summed E-state index contributed by atoms with van der Waals surface area (Å²) in [5.41, 5.74) is 0.0894. The Kier molecular flexibility index (Phi) is 6.36. The smallest absolute Gasteiger partial charge is 0.338 e. The van der Waals surface area contributed by atoms with Gasteiger partial charge in [0.1, 0.15) is 6.04 Å². The molecule has 32 heavy (non-hydrogen) atoms. The average Bonchev–Trinajstić information content (AvgIpc) is 2.81. The molecule has 1 fully saturated rings. The Morgan fingerprint density at radius 2 is 1.59 bits per heavy atom. The quantitative estimate of drug-likeness (QED) is 0.649. The van der Waals surface area contributed by atoms with E-state index in [2.05, 4.69) is 15.3 Å². The number of alkyl halides is 3. The van der Waals surface area contributed by atoms with E-state index in [0.717, 1.165) is 17.7 Å². The van der Waals surface area contributed by atoms with Crippen LogP contribution in [-0.4, -0.2) is 47.0 Å². The average molecular weight is 441 g/mol. The molecule has 1 N–H and O–H groups in total. The van der Waals surface area contributed by atoms with Crippen molar-refractivity contribution in [2.45, 2.75) is 12.2 Å². The molecular formula is C23H22F3N5O. The maximum Gasteiger partial charge on any atom is 0.416 e. The third kappa shape index (κ3) is 5.05.